The number of unbranched alkanes of at least 4 members (excludes halogenated alkanes) is 1. The first-order chi connectivity index (χ1) is 26.8. The number of aliphatic hydroxyl groups is 2. The zero-order valence-electron chi connectivity index (χ0n) is 34.2. The highest BCUT2D eigenvalue weighted by Gasteiger charge is 2.73. The van der Waals surface area contributed by atoms with Crippen LogP contribution in [0.5, 0.6) is 0 Å². The largest absolute Gasteiger partial charge is 0.455 e. The number of benzene rings is 2. The number of hydrogen-bond donors (Lipinski definition) is 3. The molecule has 1 unspecified atom stereocenters. The molecule has 3 N–H and O–H groups in total. The number of ether oxygens (including phenoxy) is 4. The van der Waals surface area contributed by atoms with E-state index >= 15 is 4.79 Å². The van der Waals surface area contributed by atoms with E-state index in [9.17, 15) is 29.4 Å². The minimum Gasteiger partial charge on any atom is -0.455 e. The molecule has 3 fully saturated rings. The molecule has 308 valence electrons. The van der Waals surface area contributed by atoms with Crippen LogP contribution in [0.25, 0.3) is 0 Å². The Balaban J connectivity index is 1.47. The van der Waals surface area contributed by atoms with Gasteiger partial charge in [0.2, 0.25) is 6.10 Å². The lowest BCUT2D eigenvalue weighted by atomic mass is 9.40. The Morgan fingerprint density at radius 1 is 0.982 bits per heavy atom. The van der Waals surface area contributed by atoms with Crippen molar-refractivity contribution in [2.45, 2.75) is 130 Å². The zero-order valence-corrected chi connectivity index (χ0v) is 34.2. The van der Waals surface area contributed by atoms with Crippen molar-refractivity contribution in [3.8, 4) is 0 Å². The SMILES string of the molecule is CCCCC(=O)O[C@@H](C(=O)O[C@H]1C[C@@]2(O)[C@@H](C)C3[C@]4(C)CO[C@@H]4C[C@H](O)[C@@]3(C)C(=O)[C@H](OC(C)=O)C(=C1C)C2(C)C)[C@@H](NC(=O)c1ccccc1)c1ccccc1. The Bertz CT molecular complexity index is 1910. The Morgan fingerprint density at radius 2 is 1.61 bits per heavy atom. The number of ketones is 1. The maximum atomic E-state index is 15.1. The molecular weight excluding hydrogens is 730 g/mol. The molecule has 2 aromatic rings. The highest BCUT2D eigenvalue weighted by atomic mass is 16.6. The summed E-state index contributed by atoms with van der Waals surface area (Å²) in [5, 5.41) is 28.0. The predicted molar refractivity (Wildman–Crippen MR) is 208 cm³/mol. The molecule has 12 heteroatoms. The number of amides is 1. The van der Waals surface area contributed by atoms with Crippen LogP contribution in [0.3, 0.4) is 0 Å². The van der Waals surface area contributed by atoms with Gasteiger partial charge in [-0.1, -0.05) is 89.6 Å². The maximum absolute atomic E-state index is 15.1. The van der Waals surface area contributed by atoms with Crippen LogP contribution in [0, 0.1) is 28.1 Å². The van der Waals surface area contributed by atoms with Crippen molar-refractivity contribution < 1.29 is 53.1 Å². The lowest BCUT2D eigenvalue weighted by Gasteiger charge is -2.68. The van der Waals surface area contributed by atoms with E-state index in [1.807, 2.05) is 20.8 Å². The van der Waals surface area contributed by atoms with Crippen LogP contribution in [0.15, 0.2) is 71.8 Å². The van der Waals surface area contributed by atoms with Crippen molar-refractivity contribution in [1.29, 1.82) is 0 Å². The molecular formula is C45H57NO11. The van der Waals surface area contributed by atoms with Crippen LogP contribution < -0.4 is 5.32 Å². The second-order valence-corrected chi connectivity index (χ2v) is 17.5. The van der Waals surface area contributed by atoms with Crippen molar-refractivity contribution in [3.05, 3.63) is 82.9 Å². The maximum Gasteiger partial charge on any atom is 0.350 e. The molecule has 0 radical (unpaired) electrons. The normalized spacial score (nSPS) is 33.8. The summed E-state index contributed by atoms with van der Waals surface area (Å²) in [7, 11) is 0. The monoisotopic (exact) mass is 787 g/mol. The Hall–Kier alpha value is -4.39. The topological polar surface area (TPSA) is 175 Å². The van der Waals surface area contributed by atoms with Gasteiger partial charge in [0, 0.05) is 42.6 Å². The van der Waals surface area contributed by atoms with Crippen molar-refractivity contribution in [2.24, 2.45) is 28.1 Å². The molecule has 2 saturated carbocycles. The lowest BCUT2D eigenvalue weighted by molar-refractivity contribution is -0.302. The molecule has 4 aliphatic rings. The molecule has 57 heavy (non-hydrogen) atoms. The van der Waals surface area contributed by atoms with Gasteiger partial charge in [-0.15, -0.1) is 0 Å². The van der Waals surface area contributed by atoms with Crippen LogP contribution in [-0.2, 0) is 38.1 Å². The average molecular weight is 788 g/mol. The summed E-state index contributed by atoms with van der Waals surface area (Å²) in [5.41, 5.74) is -3.51. The molecule has 0 spiro atoms. The fraction of sp³-hybridized carbons (Fsp3) is 0.578. The molecule has 2 bridgehead atoms. The van der Waals surface area contributed by atoms with Gasteiger partial charge in [-0.2, -0.15) is 0 Å². The summed E-state index contributed by atoms with van der Waals surface area (Å²) < 4.78 is 24.1. The second-order valence-electron chi connectivity index (χ2n) is 17.5. The molecule has 12 nitrogen and oxygen atoms in total. The molecule has 11 atom stereocenters. The van der Waals surface area contributed by atoms with Gasteiger partial charge in [0.25, 0.3) is 5.91 Å². The summed E-state index contributed by atoms with van der Waals surface area (Å²) in [5.74, 6) is -4.71. The summed E-state index contributed by atoms with van der Waals surface area (Å²) in [6.07, 6.45) is -4.59. The minimum absolute atomic E-state index is 0.0219. The third-order valence-corrected chi connectivity index (χ3v) is 13.8. The first-order valence-corrected chi connectivity index (χ1v) is 20.1. The van der Waals surface area contributed by atoms with Crippen molar-refractivity contribution in [2.75, 3.05) is 6.61 Å². The first kappa shape index (κ1) is 42.2. The van der Waals surface area contributed by atoms with Crippen LogP contribution in [0.2, 0.25) is 0 Å². The minimum atomic E-state index is -1.70. The standard InChI is InChI=1S/C45H57NO11/c1-9-10-21-33(49)57-37(35(28-17-13-11-14-18-28)46-40(51)29-19-15-12-16-20-29)41(52)56-30-23-45(53)26(3)38-43(7)24-54-32(43)22-31(48)44(38,8)39(50)36(55-27(4)47)34(25(30)2)42(45,5)6/h11-20,26,30-32,35-38,48,53H,9-10,21-24H2,1-8H3,(H,46,51)/t26-,30-,31-,32+,35-,36+,37+,38?,43+,44+,45+/m0/s1. The van der Waals surface area contributed by atoms with Crippen molar-refractivity contribution in [1.82, 2.24) is 5.32 Å². The lowest BCUT2D eigenvalue weighted by Crippen LogP contribution is -2.75. The molecule has 1 aliphatic heterocycles. The third kappa shape index (κ3) is 7.12. The number of nitrogens with one attached hydrogen (secondary N) is 1. The Labute approximate surface area is 334 Å². The smallest absolute Gasteiger partial charge is 0.350 e. The summed E-state index contributed by atoms with van der Waals surface area (Å²) in [6, 6.07) is 15.9. The third-order valence-electron chi connectivity index (χ3n) is 13.8. The Morgan fingerprint density at radius 3 is 2.19 bits per heavy atom. The average Bonchev–Trinajstić information content (AvgIpc) is 3.17. The Kier molecular flexibility index (Phi) is 11.7. The molecule has 6 rings (SSSR count). The van der Waals surface area contributed by atoms with Crippen molar-refractivity contribution >= 4 is 29.6 Å². The van der Waals surface area contributed by atoms with Crippen LogP contribution >= 0.6 is 0 Å². The van der Waals surface area contributed by atoms with Crippen LogP contribution in [0.1, 0.15) is 109 Å². The van der Waals surface area contributed by atoms with E-state index in [0.29, 0.717) is 36.1 Å². The van der Waals surface area contributed by atoms with E-state index in [1.54, 1.807) is 88.4 Å². The number of esters is 3. The molecule has 3 aliphatic carbocycles. The summed E-state index contributed by atoms with van der Waals surface area (Å²) >= 11 is 0. The van der Waals surface area contributed by atoms with E-state index in [4.69, 9.17) is 18.9 Å². The highest BCUT2D eigenvalue weighted by molar-refractivity contribution is 5.96. The van der Waals surface area contributed by atoms with Crippen LogP contribution in [-0.4, -0.2) is 82.5 Å². The van der Waals surface area contributed by atoms with Crippen molar-refractivity contribution in [3.63, 3.8) is 0 Å². The van der Waals surface area contributed by atoms with Gasteiger partial charge in [-0.05, 0) is 60.9 Å². The van der Waals surface area contributed by atoms with E-state index in [-0.39, 0.29) is 30.9 Å². The molecule has 1 heterocycles. The molecule has 0 aromatic heterocycles. The highest BCUT2D eigenvalue weighted by Crippen LogP contribution is 2.67. The number of hydrogen-bond acceptors (Lipinski definition) is 11. The van der Waals surface area contributed by atoms with Gasteiger partial charge in [0.05, 0.1) is 29.8 Å². The first-order valence-electron chi connectivity index (χ1n) is 20.1. The van der Waals surface area contributed by atoms with Gasteiger partial charge in [-0.25, -0.2) is 4.79 Å². The van der Waals surface area contributed by atoms with Gasteiger partial charge in [0.1, 0.15) is 12.1 Å². The predicted octanol–water partition coefficient (Wildman–Crippen LogP) is 5.59. The number of carbonyl (C=O) groups is 5. The summed E-state index contributed by atoms with van der Waals surface area (Å²) in [6.45, 7) is 14.3. The fourth-order valence-electron chi connectivity index (χ4n) is 10.6. The second kappa shape index (κ2) is 15.8. The number of aliphatic hydroxyl groups excluding tert-OH is 1. The quantitative estimate of drug-likeness (QED) is 0.147. The van der Waals surface area contributed by atoms with E-state index in [1.165, 1.54) is 6.92 Å². The number of fused-ring (bicyclic) bond motifs is 5. The number of carbonyl (C=O) groups excluding carboxylic acids is 5. The number of Topliss-reactive ketones (excluding diaryl/α,β-unsaturated/α-hetero) is 1. The van der Waals surface area contributed by atoms with E-state index in [2.05, 4.69) is 5.32 Å². The van der Waals surface area contributed by atoms with Gasteiger partial charge >= 0.3 is 17.9 Å². The van der Waals surface area contributed by atoms with Gasteiger partial charge < -0.3 is 34.5 Å². The zero-order chi connectivity index (χ0) is 41.7. The number of rotatable bonds is 11. The van der Waals surface area contributed by atoms with E-state index in [0.717, 1.165) is 0 Å². The van der Waals surface area contributed by atoms with E-state index < -0.39 is 93.7 Å². The van der Waals surface area contributed by atoms with Gasteiger partial charge in [-0.3, -0.25) is 19.2 Å². The summed E-state index contributed by atoms with van der Waals surface area (Å²) in [4.78, 5) is 69.7. The van der Waals surface area contributed by atoms with Gasteiger partial charge in [0.15, 0.2) is 11.9 Å². The molecule has 1 amide bonds. The molecule has 2 aromatic carbocycles. The fourth-order valence-corrected chi connectivity index (χ4v) is 10.6. The van der Waals surface area contributed by atoms with Crippen LogP contribution in [0.4, 0.5) is 0 Å². The molecule has 1 saturated heterocycles.